The average Bonchev–Trinajstić information content (AvgIpc) is 2.99. The van der Waals surface area contributed by atoms with E-state index >= 15 is 0 Å². The minimum Gasteiger partial charge on any atom is -0.473 e. The Hall–Kier alpha value is -1.34. The van der Waals surface area contributed by atoms with Crippen LogP contribution in [0.4, 0.5) is 0 Å². The van der Waals surface area contributed by atoms with Gasteiger partial charge in [0.1, 0.15) is 5.69 Å². The van der Waals surface area contributed by atoms with E-state index in [1.807, 2.05) is 6.07 Å². The quantitative estimate of drug-likeness (QED) is 0.886. The van der Waals surface area contributed by atoms with Crippen LogP contribution in [0.15, 0.2) is 6.07 Å². The van der Waals surface area contributed by atoms with Crippen LogP contribution in [0.3, 0.4) is 0 Å². The van der Waals surface area contributed by atoms with Gasteiger partial charge in [-0.25, -0.2) is 0 Å². The highest BCUT2D eigenvalue weighted by atomic mass is 32.1. The molecule has 0 saturated carbocycles. The van der Waals surface area contributed by atoms with Gasteiger partial charge in [0.05, 0.1) is 11.8 Å². The van der Waals surface area contributed by atoms with E-state index < -0.39 is 8.07 Å². The van der Waals surface area contributed by atoms with Gasteiger partial charge in [-0.1, -0.05) is 30.5 Å². The van der Waals surface area contributed by atoms with Crippen molar-refractivity contribution in [1.82, 2.24) is 9.55 Å². The third-order valence-corrected chi connectivity index (χ3v) is 8.28. The van der Waals surface area contributed by atoms with Gasteiger partial charge in [-0.05, 0) is 18.5 Å². The van der Waals surface area contributed by atoms with Crippen LogP contribution in [-0.2, 0) is 0 Å². The molecule has 1 aliphatic heterocycles. The summed E-state index contributed by atoms with van der Waals surface area (Å²) in [6.45, 7) is 4.80. The van der Waals surface area contributed by atoms with Gasteiger partial charge < -0.3 is 15.0 Å². The molecule has 2 aromatic rings. The second-order valence-corrected chi connectivity index (χ2v) is 12.4. The highest BCUT2D eigenvalue weighted by Crippen LogP contribution is 2.42. The number of carbonyl (C=O) groups is 1. The topological polar surface area (TPSA) is 70.1 Å². The zero-order valence-electron chi connectivity index (χ0n) is 12.0. The van der Waals surface area contributed by atoms with Crippen LogP contribution in [0.1, 0.15) is 23.0 Å². The Bertz CT molecular complexity index is 677. The molecule has 1 fully saturated rings. The lowest BCUT2D eigenvalue weighted by Crippen LogP contribution is -2.23. The molecular weight excluding hydrogens is 290 g/mol. The molecule has 0 aliphatic carbocycles. The summed E-state index contributed by atoms with van der Waals surface area (Å²) in [6, 6.07) is 4.67. The van der Waals surface area contributed by atoms with Gasteiger partial charge >= 0.3 is 0 Å². The second kappa shape index (κ2) is 4.59. The molecule has 0 bridgehead atoms. The number of methoxy groups -OCH3 is 1. The summed E-state index contributed by atoms with van der Waals surface area (Å²) >= 11 is 1.46. The van der Waals surface area contributed by atoms with Gasteiger partial charge in [0, 0.05) is 14.1 Å². The van der Waals surface area contributed by atoms with E-state index in [9.17, 15) is 4.79 Å². The first-order chi connectivity index (χ1) is 9.41. The van der Waals surface area contributed by atoms with Crippen molar-refractivity contribution in [3.63, 3.8) is 0 Å². The van der Waals surface area contributed by atoms with Crippen LogP contribution < -0.4 is 10.5 Å². The number of ether oxygens (including phenoxy) is 1. The molecule has 1 aliphatic rings. The third kappa shape index (κ3) is 2.14. The molecule has 3 heterocycles. The summed E-state index contributed by atoms with van der Waals surface area (Å²) in [6.07, 6.45) is 1.11. The van der Waals surface area contributed by atoms with Gasteiger partial charge in [0.15, 0.2) is 5.65 Å². The first-order valence-corrected chi connectivity index (χ1v) is 11.0. The number of nitrogens with two attached hydrogens (primary N) is 1. The maximum absolute atomic E-state index is 11.7. The number of thiazole rings is 1. The minimum absolute atomic E-state index is 0.350. The monoisotopic (exact) mass is 309 g/mol. The van der Waals surface area contributed by atoms with E-state index in [2.05, 4.69) is 22.6 Å². The number of aromatic nitrogens is 2. The van der Waals surface area contributed by atoms with E-state index in [0.29, 0.717) is 16.9 Å². The SMILES string of the molecule is COc1nc2c(cc(C(N)=O)n2C2CC[Si](C)(C)C2)s1. The molecule has 1 unspecified atom stereocenters. The molecule has 0 aromatic carbocycles. The Morgan fingerprint density at radius 2 is 2.35 bits per heavy atom. The molecule has 2 N–H and O–H groups in total. The Kier molecular flexibility index (Phi) is 3.13. The normalized spacial score (nSPS) is 21.4. The first kappa shape index (κ1) is 13.6. The summed E-state index contributed by atoms with van der Waals surface area (Å²) in [5.41, 5.74) is 6.97. The molecule has 7 heteroatoms. The van der Waals surface area contributed by atoms with Gasteiger partial charge in [0.2, 0.25) is 0 Å². The Morgan fingerprint density at radius 1 is 1.60 bits per heavy atom. The van der Waals surface area contributed by atoms with Crippen LogP contribution in [0.5, 0.6) is 5.19 Å². The predicted octanol–water partition coefficient (Wildman–Crippen LogP) is 2.86. The van der Waals surface area contributed by atoms with Gasteiger partial charge in [-0.2, -0.15) is 4.98 Å². The molecule has 5 nitrogen and oxygen atoms in total. The van der Waals surface area contributed by atoms with Crippen LogP contribution in [0.25, 0.3) is 10.3 Å². The zero-order chi connectivity index (χ0) is 14.5. The maximum Gasteiger partial charge on any atom is 0.275 e. The highest BCUT2D eigenvalue weighted by molar-refractivity contribution is 7.20. The lowest BCUT2D eigenvalue weighted by molar-refractivity contribution is 0.0990. The molecular formula is C13H19N3O2SSi. The zero-order valence-corrected chi connectivity index (χ0v) is 13.8. The molecule has 2 aromatic heterocycles. The third-order valence-electron chi connectivity index (χ3n) is 4.11. The minimum atomic E-state index is -1.13. The smallest absolute Gasteiger partial charge is 0.275 e. The van der Waals surface area contributed by atoms with Crippen molar-refractivity contribution in [2.24, 2.45) is 5.73 Å². The molecule has 0 radical (unpaired) electrons. The fourth-order valence-electron chi connectivity index (χ4n) is 3.15. The number of amides is 1. The van der Waals surface area contributed by atoms with Gasteiger partial charge in [-0.15, -0.1) is 0 Å². The fourth-order valence-corrected chi connectivity index (χ4v) is 6.94. The Morgan fingerprint density at radius 3 is 2.90 bits per heavy atom. The van der Waals surface area contributed by atoms with E-state index in [4.69, 9.17) is 10.5 Å². The lowest BCUT2D eigenvalue weighted by atomic mass is 10.2. The first-order valence-electron chi connectivity index (χ1n) is 6.77. The van der Waals surface area contributed by atoms with E-state index in [1.54, 1.807) is 7.11 Å². The molecule has 1 amide bonds. The summed E-state index contributed by atoms with van der Waals surface area (Å²) in [7, 11) is 0.479. The van der Waals surface area contributed by atoms with E-state index in [0.717, 1.165) is 16.8 Å². The molecule has 20 heavy (non-hydrogen) atoms. The van der Waals surface area contributed by atoms with Crippen LogP contribution in [0, 0.1) is 0 Å². The average molecular weight is 309 g/mol. The second-order valence-electron chi connectivity index (χ2n) is 6.20. The number of carbonyl (C=O) groups excluding carboxylic acids is 1. The van der Waals surface area contributed by atoms with Gasteiger partial charge in [-0.3, -0.25) is 4.79 Å². The summed E-state index contributed by atoms with van der Waals surface area (Å²) < 4.78 is 8.23. The largest absolute Gasteiger partial charge is 0.473 e. The van der Waals surface area contributed by atoms with Crippen molar-refractivity contribution in [2.75, 3.05) is 7.11 Å². The molecule has 3 rings (SSSR count). The molecule has 1 saturated heterocycles. The van der Waals surface area contributed by atoms with E-state index in [-0.39, 0.29) is 5.91 Å². The van der Waals surface area contributed by atoms with E-state index in [1.165, 1.54) is 23.4 Å². The fraction of sp³-hybridized carbons (Fsp3) is 0.538. The van der Waals surface area contributed by atoms with Crippen LogP contribution in [0.2, 0.25) is 25.2 Å². The van der Waals surface area contributed by atoms with Crippen LogP contribution in [-0.4, -0.2) is 30.6 Å². The summed E-state index contributed by atoms with van der Waals surface area (Å²) in [4.78, 5) is 16.2. The van der Waals surface area contributed by atoms with Crippen molar-refractivity contribution in [1.29, 1.82) is 0 Å². The van der Waals surface area contributed by atoms with Crippen molar-refractivity contribution in [3.05, 3.63) is 11.8 Å². The number of fused-ring (bicyclic) bond motifs is 1. The summed E-state index contributed by atoms with van der Waals surface area (Å²) in [5, 5.41) is 0.634. The number of primary amides is 1. The van der Waals surface area contributed by atoms with Crippen molar-refractivity contribution < 1.29 is 9.53 Å². The summed E-state index contributed by atoms with van der Waals surface area (Å²) in [5.74, 6) is -0.375. The highest BCUT2D eigenvalue weighted by Gasteiger charge is 2.36. The molecule has 108 valence electrons. The number of hydrogen-bond acceptors (Lipinski definition) is 4. The number of hydrogen-bond donors (Lipinski definition) is 1. The van der Waals surface area contributed by atoms with Crippen molar-refractivity contribution in [3.8, 4) is 5.19 Å². The maximum atomic E-state index is 11.7. The molecule has 1 atom stereocenters. The lowest BCUT2D eigenvalue weighted by Gasteiger charge is -2.18. The van der Waals surface area contributed by atoms with Crippen molar-refractivity contribution >= 4 is 35.7 Å². The van der Waals surface area contributed by atoms with Crippen LogP contribution >= 0.6 is 11.3 Å². The molecule has 0 spiro atoms. The predicted molar refractivity (Wildman–Crippen MR) is 83.4 cm³/mol. The number of rotatable bonds is 3. The Balaban J connectivity index is 2.13. The Labute approximate surface area is 122 Å². The van der Waals surface area contributed by atoms with Crippen molar-refractivity contribution in [2.45, 2.75) is 37.6 Å². The standard InChI is InChI=1S/C13H19N3O2SSi/c1-18-13-15-12-10(19-13)6-9(11(14)17)16(12)8-4-5-20(2,3)7-8/h6,8H,4-5,7H2,1-3H3,(H2,14,17). The van der Waals surface area contributed by atoms with Gasteiger partial charge in [0.25, 0.3) is 11.1 Å². The number of nitrogens with zero attached hydrogens (tertiary/aromatic N) is 2.